The zero-order chi connectivity index (χ0) is 12.6. The summed E-state index contributed by atoms with van der Waals surface area (Å²) < 4.78 is 17.6. The Kier molecular flexibility index (Phi) is 9.96. The van der Waals surface area contributed by atoms with Crippen molar-refractivity contribution in [1.29, 1.82) is 0 Å². The fourth-order valence-electron chi connectivity index (χ4n) is 0.826. The van der Waals surface area contributed by atoms with E-state index in [0.29, 0.717) is 0 Å². The van der Waals surface area contributed by atoms with Crippen LogP contribution in [0.1, 0.15) is 60.8 Å². The van der Waals surface area contributed by atoms with E-state index in [1.165, 1.54) is 0 Å². The summed E-state index contributed by atoms with van der Waals surface area (Å²) in [7, 11) is 0. The van der Waals surface area contributed by atoms with Gasteiger partial charge in [-0.15, -0.1) is 0 Å². The first-order valence-corrected chi connectivity index (χ1v) is 8.31. The summed E-state index contributed by atoms with van der Waals surface area (Å²) in [6.45, 7) is 12.6. The molecule has 16 heavy (non-hydrogen) atoms. The van der Waals surface area contributed by atoms with E-state index in [0.717, 1.165) is 19.3 Å². The van der Waals surface area contributed by atoms with Crippen molar-refractivity contribution in [2.24, 2.45) is 0 Å². The summed E-state index contributed by atoms with van der Waals surface area (Å²) in [6.07, 6.45) is 3.73. The minimum atomic E-state index is -2.25. The molecule has 0 radical (unpaired) electrons. The molecule has 0 spiro atoms. The summed E-state index contributed by atoms with van der Waals surface area (Å²) in [5, 5.41) is 0. The molecule has 0 saturated carbocycles. The van der Waals surface area contributed by atoms with Crippen molar-refractivity contribution in [2.45, 2.75) is 79.1 Å². The van der Waals surface area contributed by atoms with Crippen molar-refractivity contribution in [3.8, 4) is 0 Å². The van der Waals surface area contributed by atoms with Crippen LogP contribution in [-0.2, 0) is 29.0 Å². The Bertz CT molecular complexity index is 138. The Hall–Kier alpha value is 0.594. The molecule has 3 atom stereocenters. The molecule has 0 aromatic heterocycles. The van der Waals surface area contributed by atoms with E-state index in [9.17, 15) is 0 Å². The number of rotatable bonds is 9. The van der Waals surface area contributed by atoms with E-state index in [4.69, 9.17) is 9.96 Å². The van der Waals surface area contributed by atoms with Gasteiger partial charge in [-0.05, 0) is 0 Å². The topological polar surface area (TPSA) is 27.7 Å². The quantitative estimate of drug-likeness (QED) is 0.595. The van der Waals surface area contributed by atoms with Gasteiger partial charge in [-0.2, -0.15) is 0 Å². The zero-order valence-electron chi connectivity index (χ0n) is 11.6. The average molecular weight is 267 g/mol. The van der Waals surface area contributed by atoms with Gasteiger partial charge in [-0.1, -0.05) is 0 Å². The molecule has 3 unspecified atom stereocenters. The van der Waals surface area contributed by atoms with Crippen molar-refractivity contribution in [3.05, 3.63) is 0 Å². The molecule has 0 N–H and O–H groups in total. The first-order valence-electron chi connectivity index (χ1n) is 6.40. The van der Waals surface area contributed by atoms with Crippen LogP contribution in [0.5, 0.6) is 0 Å². The molecular formula is C12H27O3Ti. The van der Waals surface area contributed by atoms with E-state index >= 15 is 0 Å². The van der Waals surface area contributed by atoms with Crippen molar-refractivity contribution < 1.29 is 29.0 Å². The summed E-state index contributed by atoms with van der Waals surface area (Å²) in [6, 6.07) is 0. The standard InChI is InChI=1S/3C4H9O.Ti/c3*1-3-4(2)5;/h3*4H,3H2,1-2H3;/q3*-1;+3. The third-order valence-corrected chi connectivity index (χ3v) is 5.40. The van der Waals surface area contributed by atoms with Gasteiger partial charge in [0.05, 0.1) is 0 Å². The second-order valence-electron chi connectivity index (χ2n) is 4.26. The van der Waals surface area contributed by atoms with Gasteiger partial charge < -0.3 is 0 Å². The maximum absolute atomic E-state index is 5.87. The number of hydrogen-bond acceptors (Lipinski definition) is 3. The summed E-state index contributed by atoms with van der Waals surface area (Å²) in [4.78, 5) is 0. The van der Waals surface area contributed by atoms with Crippen LogP contribution in [0.15, 0.2) is 0 Å². The van der Waals surface area contributed by atoms with Gasteiger partial charge in [0.1, 0.15) is 0 Å². The number of hydrogen-bond donors (Lipinski definition) is 0. The molecule has 0 aliphatic heterocycles. The maximum atomic E-state index is 5.87. The Labute approximate surface area is 108 Å². The Balaban J connectivity index is 4.15. The molecule has 0 rings (SSSR count). The molecule has 3 nitrogen and oxygen atoms in total. The van der Waals surface area contributed by atoms with Crippen LogP contribution in [0.2, 0.25) is 0 Å². The van der Waals surface area contributed by atoms with Gasteiger partial charge in [0.15, 0.2) is 0 Å². The van der Waals surface area contributed by atoms with E-state index in [-0.39, 0.29) is 18.3 Å². The molecule has 0 bridgehead atoms. The second kappa shape index (κ2) is 9.61. The van der Waals surface area contributed by atoms with Gasteiger partial charge in [0, 0.05) is 0 Å². The van der Waals surface area contributed by atoms with Crippen LogP contribution in [0.25, 0.3) is 0 Å². The van der Waals surface area contributed by atoms with E-state index < -0.39 is 19.0 Å². The van der Waals surface area contributed by atoms with Crippen LogP contribution in [0.4, 0.5) is 0 Å². The second-order valence-corrected chi connectivity index (χ2v) is 6.15. The first-order chi connectivity index (χ1) is 7.53. The normalized spacial score (nSPS) is 16.9. The van der Waals surface area contributed by atoms with Gasteiger partial charge in [-0.25, -0.2) is 0 Å². The van der Waals surface area contributed by atoms with Crippen molar-refractivity contribution in [2.75, 3.05) is 0 Å². The van der Waals surface area contributed by atoms with Crippen molar-refractivity contribution in [1.82, 2.24) is 0 Å². The van der Waals surface area contributed by atoms with Gasteiger partial charge >= 0.3 is 108 Å². The predicted octanol–water partition coefficient (Wildman–Crippen LogP) is 3.79. The van der Waals surface area contributed by atoms with Crippen LogP contribution >= 0.6 is 0 Å². The molecule has 97 valence electrons. The Morgan fingerprint density at radius 1 is 0.688 bits per heavy atom. The molecule has 0 aliphatic rings. The van der Waals surface area contributed by atoms with Gasteiger partial charge in [0.25, 0.3) is 0 Å². The fraction of sp³-hybridized carbons (Fsp3) is 1.00. The van der Waals surface area contributed by atoms with Crippen LogP contribution in [0.3, 0.4) is 0 Å². The minimum absolute atomic E-state index is 0.239. The zero-order valence-corrected chi connectivity index (χ0v) is 13.1. The third-order valence-electron chi connectivity index (χ3n) is 2.62. The van der Waals surface area contributed by atoms with Crippen LogP contribution in [0, 0.1) is 0 Å². The van der Waals surface area contributed by atoms with Gasteiger partial charge in [-0.3, -0.25) is 0 Å². The van der Waals surface area contributed by atoms with Crippen LogP contribution < -0.4 is 0 Å². The monoisotopic (exact) mass is 267 g/mol. The Morgan fingerprint density at radius 2 is 0.938 bits per heavy atom. The summed E-state index contributed by atoms with van der Waals surface area (Å²) in [5.74, 6) is 0. The van der Waals surface area contributed by atoms with E-state index in [2.05, 4.69) is 41.5 Å². The fourth-order valence-corrected chi connectivity index (χ4v) is 3.41. The summed E-state index contributed by atoms with van der Waals surface area (Å²) in [5.41, 5.74) is 0. The molecule has 0 aromatic carbocycles. The predicted molar refractivity (Wildman–Crippen MR) is 62.5 cm³/mol. The SMILES string of the molecule is CCC(C)[O][Ti]([O]C(C)CC)[O]C(C)CC. The van der Waals surface area contributed by atoms with Crippen LogP contribution in [-0.4, -0.2) is 18.3 Å². The van der Waals surface area contributed by atoms with Gasteiger partial charge in [0.2, 0.25) is 0 Å². The first kappa shape index (κ1) is 16.6. The molecule has 0 amide bonds. The van der Waals surface area contributed by atoms with Crippen molar-refractivity contribution in [3.63, 3.8) is 0 Å². The molecule has 0 aromatic rings. The third kappa shape index (κ3) is 7.80. The Morgan fingerprint density at radius 3 is 1.12 bits per heavy atom. The average Bonchev–Trinajstić information content (AvgIpc) is 2.28. The molecule has 4 heteroatoms. The van der Waals surface area contributed by atoms with Crippen molar-refractivity contribution >= 4 is 0 Å². The molecular weight excluding hydrogens is 240 g/mol. The molecule has 0 fully saturated rings. The summed E-state index contributed by atoms with van der Waals surface area (Å²) >= 11 is -2.25. The van der Waals surface area contributed by atoms with E-state index in [1.54, 1.807) is 0 Å². The molecule has 0 saturated heterocycles. The molecule has 0 heterocycles. The van der Waals surface area contributed by atoms with E-state index in [1.807, 2.05) is 0 Å². The molecule has 0 aliphatic carbocycles.